The minimum Gasteiger partial charge on any atom is -0.469 e. The van der Waals surface area contributed by atoms with E-state index < -0.39 is 0 Å². The summed E-state index contributed by atoms with van der Waals surface area (Å²) >= 11 is 7.58. The van der Waals surface area contributed by atoms with E-state index in [0.717, 1.165) is 37.1 Å². The van der Waals surface area contributed by atoms with Gasteiger partial charge in [0.05, 0.1) is 18.0 Å². The van der Waals surface area contributed by atoms with Crippen molar-refractivity contribution in [2.75, 3.05) is 46.4 Å². The van der Waals surface area contributed by atoms with Crippen molar-refractivity contribution in [3.8, 4) is 0 Å². The molecule has 1 fully saturated rings. The van der Waals surface area contributed by atoms with Gasteiger partial charge in [0.25, 0.3) is 0 Å². The number of nitrogens with one attached hydrogen (secondary N) is 1. The van der Waals surface area contributed by atoms with Gasteiger partial charge in [-0.15, -0.1) is 11.3 Å². The summed E-state index contributed by atoms with van der Waals surface area (Å²) in [4.78, 5) is 28.7. The first kappa shape index (κ1) is 19.2. The van der Waals surface area contributed by atoms with Crippen molar-refractivity contribution in [1.82, 2.24) is 15.1 Å². The smallest absolute Gasteiger partial charge is 0.305 e. The lowest BCUT2D eigenvalue weighted by atomic mass is 10.3. The van der Waals surface area contributed by atoms with Crippen molar-refractivity contribution in [3.63, 3.8) is 0 Å². The average Bonchev–Trinajstić information content (AvgIpc) is 2.98. The number of carbonyl (C=O) groups is 2. The lowest BCUT2D eigenvalue weighted by Crippen LogP contribution is -2.49. The van der Waals surface area contributed by atoms with Crippen molar-refractivity contribution in [2.45, 2.75) is 19.4 Å². The number of rotatable bonds is 8. The molecule has 24 heavy (non-hydrogen) atoms. The summed E-state index contributed by atoms with van der Waals surface area (Å²) in [6.07, 6.45) is 0.942. The van der Waals surface area contributed by atoms with E-state index in [1.165, 1.54) is 12.0 Å². The molecule has 1 aliphatic rings. The second-order valence-corrected chi connectivity index (χ2v) is 7.59. The lowest BCUT2D eigenvalue weighted by Gasteiger charge is -2.34. The molecule has 1 aliphatic heterocycles. The molecule has 1 aromatic rings. The molecule has 0 atom stereocenters. The maximum Gasteiger partial charge on any atom is 0.305 e. The quantitative estimate of drug-likeness (QED) is 0.554. The number of halogens is 1. The number of carbonyl (C=O) groups excluding carboxylic acids is 2. The summed E-state index contributed by atoms with van der Waals surface area (Å²) < 4.78 is 5.39. The van der Waals surface area contributed by atoms with Gasteiger partial charge in [-0.2, -0.15) is 0 Å². The molecular formula is C16H24ClN3O3S. The van der Waals surface area contributed by atoms with Gasteiger partial charge in [0.1, 0.15) is 0 Å². The Kier molecular flexibility index (Phi) is 7.98. The van der Waals surface area contributed by atoms with E-state index in [-0.39, 0.29) is 11.9 Å². The van der Waals surface area contributed by atoms with E-state index in [0.29, 0.717) is 25.9 Å². The van der Waals surface area contributed by atoms with Crippen LogP contribution in [0.25, 0.3) is 0 Å². The van der Waals surface area contributed by atoms with Crippen LogP contribution in [-0.2, 0) is 20.9 Å². The number of piperazine rings is 1. The number of nitrogens with zero attached hydrogens (tertiary/aromatic N) is 2. The second-order valence-electron chi connectivity index (χ2n) is 5.79. The van der Waals surface area contributed by atoms with Gasteiger partial charge in [-0.25, -0.2) is 0 Å². The van der Waals surface area contributed by atoms with Crippen LogP contribution in [0.15, 0.2) is 12.1 Å². The molecule has 0 spiro atoms. The molecule has 0 aromatic carbocycles. The van der Waals surface area contributed by atoms with Crippen LogP contribution in [0, 0.1) is 0 Å². The van der Waals surface area contributed by atoms with E-state index in [2.05, 4.69) is 25.9 Å². The summed E-state index contributed by atoms with van der Waals surface area (Å²) in [7, 11) is 1.37. The second kappa shape index (κ2) is 9.98. The van der Waals surface area contributed by atoms with Crippen LogP contribution in [0.4, 0.5) is 0 Å². The van der Waals surface area contributed by atoms with Gasteiger partial charge in [0, 0.05) is 50.6 Å². The van der Waals surface area contributed by atoms with Crippen molar-refractivity contribution >= 4 is 34.8 Å². The van der Waals surface area contributed by atoms with Crippen LogP contribution in [0.3, 0.4) is 0 Å². The third kappa shape index (κ3) is 6.76. The fourth-order valence-electron chi connectivity index (χ4n) is 2.58. The Labute approximate surface area is 151 Å². The molecule has 2 rings (SSSR count). The van der Waals surface area contributed by atoms with E-state index in [1.807, 2.05) is 6.07 Å². The predicted molar refractivity (Wildman–Crippen MR) is 95.3 cm³/mol. The van der Waals surface area contributed by atoms with Crippen molar-refractivity contribution < 1.29 is 14.3 Å². The molecule has 134 valence electrons. The minimum atomic E-state index is -0.243. The summed E-state index contributed by atoms with van der Waals surface area (Å²) in [5.74, 6) is -0.231. The van der Waals surface area contributed by atoms with Crippen molar-refractivity contribution in [2.24, 2.45) is 0 Å². The highest BCUT2D eigenvalue weighted by Crippen LogP contribution is 2.23. The third-order valence-corrected chi connectivity index (χ3v) is 5.16. The SMILES string of the molecule is COC(=O)CCCNC(=O)CN1CCN(Cc2ccc(Cl)s2)CC1. The number of amides is 1. The standard InChI is InChI=1S/C16H24ClN3O3S/c1-23-16(22)3-2-6-18-15(21)12-20-9-7-19(8-10-20)11-13-4-5-14(17)24-13/h4-5H,2-3,6-12H2,1H3,(H,18,21). The van der Waals surface area contributed by atoms with Crippen LogP contribution in [0.1, 0.15) is 17.7 Å². The minimum absolute atomic E-state index is 0.0124. The summed E-state index contributed by atoms with van der Waals surface area (Å²) in [6.45, 7) is 5.51. The lowest BCUT2D eigenvalue weighted by molar-refractivity contribution is -0.140. The first-order valence-corrected chi connectivity index (χ1v) is 9.28. The number of thiophene rings is 1. The Hall–Kier alpha value is -1.15. The highest BCUT2D eigenvalue weighted by Gasteiger charge is 2.19. The normalized spacial score (nSPS) is 16.1. The number of hydrogen-bond donors (Lipinski definition) is 1. The molecule has 0 bridgehead atoms. The molecule has 1 aromatic heterocycles. The maximum atomic E-state index is 11.9. The molecule has 1 amide bonds. The Morgan fingerprint density at radius 3 is 2.58 bits per heavy atom. The molecular weight excluding hydrogens is 350 g/mol. The third-order valence-electron chi connectivity index (χ3n) is 3.95. The van der Waals surface area contributed by atoms with Crippen LogP contribution in [0.5, 0.6) is 0 Å². The van der Waals surface area contributed by atoms with Gasteiger partial charge in [0.2, 0.25) is 5.91 Å². The fraction of sp³-hybridized carbons (Fsp3) is 0.625. The zero-order chi connectivity index (χ0) is 17.4. The van der Waals surface area contributed by atoms with Crippen LogP contribution >= 0.6 is 22.9 Å². The summed E-state index contributed by atoms with van der Waals surface area (Å²) in [5, 5.41) is 2.85. The van der Waals surface area contributed by atoms with Crippen LogP contribution in [0.2, 0.25) is 4.34 Å². The molecule has 1 N–H and O–H groups in total. The van der Waals surface area contributed by atoms with Gasteiger partial charge in [0.15, 0.2) is 0 Å². The van der Waals surface area contributed by atoms with Crippen molar-refractivity contribution in [3.05, 3.63) is 21.3 Å². The molecule has 6 nitrogen and oxygen atoms in total. The molecule has 0 unspecified atom stereocenters. The van der Waals surface area contributed by atoms with Gasteiger partial charge in [-0.1, -0.05) is 11.6 Å². The largest absolute Gasteiger partial charge is 0.469 e. The molecule has 0 radical (unpaired) electrons. The number of ether oxygens (including phenoxy) is 1. The zero-order valence-corrected chi connectivity index (χ0v) is 15.5. The molecule has 2 heterocycles. The van der Waals surface area contributed by atoms with E-state index in [1.54, 1.807) is 11.3 Å². The van der Waals surface area contributed by atoms with E-state index >= 15 is 0 Å². The Morgan fingerprint density at radius 1 is 1.25 bits per heavy atom. The number of hydrogen-bond acceptors (Lipinski definition) is 6. The highest BCUT2D eigenvalue weighted by atomic mass is 35.5. The average molecular weight is 374 g/mol. The van der Waals surface area contributed by atoms with Gasteiger partial charge >= 0.3 is 5.97 Å². The molecule has 0 aliphatic carbocycles. The Morgan fingerprint density at radius 2 is 1.96 bits per heavy atom. The molecule has 8 heteroatoms. The molecule has 0 saturated carbocycles. The Bertz CT molecular complexity index is 544. The number of esters is 1. The molecule has 1 saturated heterocycles. The topological polar surface area (TPSA) is 61.9 Å². The van der Waals surface area contributed by atoms with Gasteiger partial charge < -0.3 is 10.1 Å². The fourth-order valence-corrected chi connectivity index (χ4v) is 3.71. The van der Waals surface area contributed by atoms with Crippen molar-refractivity contribution in [1.29, 1.82) is 0 Å². The first-order chi connectivity index (χ1) is 11.6. The summed E-state index contributed by atoms with van der Waals surface area (Å²) in [5.41, 5.74) is 0. The monoisotopic (exact) mass is 373 g/mol. The Balaban J connectivity index is 1.58. The summed E-state index contributed by atoms with van der Waals surface area (Å²) in [6, 6.07) is 4.00. The van der Waals surface area contributed by atoms with Crippen LogP contribution < -0.4 is 5.32 Å². The predicted octanol–water partition coefficient (Wildman–Crippen LogP) is 1.59. The zero-order valence-electron chi connectivity index (χ0n) is 13.9. The van der Waals surface area contributed by atoms with Gasteiger partial charge in [-0.05, 0) is 18.6 Å². The van der Waals surface area contributed by atoms with Crippen LogP contribution in [-0.4, -0.2) is 68.1 Å². The van der Waals surface area contributed by atoms with E-state index in [4.69, 9.17) is 11.6 Å². The van der Waals surface area contributed by atoms with Gasteiger partial charge in [-0.3, -0.25) is 19.4 Å². The van der Waals surface area contributed by atoms with E-state index in [9.17, 15) is 9.59 Å². The maximum absolute atomic E-state index is 11.9. The highest BCUT2D eigenvalue weighted by molar-refractivity contribution is 7.16. The number of methoxy groups -OCH3 is 1. The first-order valence-electron chi connectivity index (χ1n) is 8.09.